The summed E-state index contributed by atoms with van der Waals surface area (Å²) in [5, 5.41) is 2.36. The molecule has 1 N–H and O–H groups in total. The van der Waals surface area contributed by atoms with Crippen LogP contribution in [0.1, 0.15) is 18.1 Å². The van der Waals surface area contributed by atoms with E-state index in [0.717, 1.165) is 50.5 Å². The van der Waals surface area contributed by atoms with Gasteiger partial charge in [0.15, 0.2) is 17.5 Å². The molecule has 0 aliphatic carbocycles. The molecule has 1 unspecified atom stereocenters. The molecule has 2 aliphatic rings. The Hall–Kier alpha value is -2.58. The van der Waals surface area contributed by atoms with Gasteiger partial charge in [-0.05, 0) is 36.2 Å². The van der Waals surface area contributed by atoms with Crippen LogP contribution < -0.4 is 10.1 Å². The number of carbonyl (C=O) groups is 1. The van der Waals surface area contributed by atoms with E-state index in [4.69, 9.17) is 4.74 Å². The Morgan fingerprint density at radius 1 is 1.10 bits per heavy atom. The van der Waals surface area contributed by atoms with Gasteiger partial charge >= 0.3 is 0 Å². The van der Waals surface area contributed by atoms with E-state index in [-0.39, 0.29) is 5.69 Å². The first-order valence-corrected chi connectivity index (χ1v) is 10.1. The highest BCUT2D eigenvalue weighted by Gasteiger charge is 2.27. The van der Waals surface area contributed by atoms with Crippen LogP contribution in [0, 0.1) is 17.5 Å². The zero-order chi connectivity index (χ0) is 21.3. The summed E-state index contributed by atoms with van der Waals surface area (Å²) in [5.41, 5.74) is 2.14. The van der Waals surface area contributed by atoms with Crippen LogP contribution in [0.2, 0.25) is 0 Å². The van der Waals surface area contributed by atoms with Crippen molar-refractivity contribution in [3.63, 3.8) is 0 Å². The molecule has 4 rings (SSSR count). The van der Waals surface area contributed by atoms with Gasteiger partial charge in [-0.15, -0.1) is 0 Å². The van der Waals surface area contributed by atoms with Crippen LogP contribution >= 0.6 is 0 Å². The van der Waals surface area contributed by atoms with Crippen molar-refractivity contribution in [3.05, 3.63) is 58.9 Å². The number of amides is 1. The van der Waals surface area contributed by atoms with E-state index < -0.39 is 29.4 Å². The van der Waals surface area contributed by atoms with Crippen LogP contribution in [-0.2, 0) is 17.8 Å². The number of ether oxygens (including phenoxy) is 1. The smallest absolute Gasteiger partial charge is 0.241 e. The maximum Gasteiger partial charge on any atom is 0.241 e. The number of piperazine rings is 1. The number of fused-ring (bicyclic) bond motifs is 1. The number of carbonyl (C=O) groups excluding carboxylic acids is 1. The summed E-state index contributed by atoms with van der Waals surface area (Å²) in [4.78, 5) is 16.8. The molecule has 2 heterocycles. The van der Waals surface area contributed by atoms with Gasteiger partial charge in [0, 0.05) is 39.1 Å². The molecule has 160 valence electrons. The summed E-state index contributed by atoms with van der Waals surface area (Å²) < 4.78 is 45.8. The number of halogens is 3. The van der Waals surface area contributed by atoms with Gasteiger partial charge in [-0.25, -0.2) is 13.2 Å². The number of anilines is 1. The molecule has 8 heteroatoms. The second-order valence-electron chi connectivity index (χ2n) is 7.74. The molecule has 0 radical (unpaired) electrons. The Balaban J connectivity index is 1.30. The Morgan fingerprint density at radius 3 is 2.63 bits per heavy atom. The first-order chi connectivity index (χ1) is 14.4. The minimum Gasteiger partial charge on any atom is -0.493 e. The lowest BCUT2D eigenvalue weighted by Crippen LogP contribution is -2.52. The van der Waals surface area contributed by atoms with E-state index in [1.807, 2.05) is 11.0 Å². The third-order valence-electron chi connectivity index (χ3n) is 5.79. The van der Waals surface area contributed by atoms with Gasteiger partial charge in [0.1, 0.15) is 5.75 Å². The molecule has 5 nitrogen and oxygen atoms in total. The van der Waals surface area contributed by atoms with E-state index >= 15 is 0 Å². The highest BCUT2D eigenvalue weighted by Crippen LogP contribution is 2.26. The van der Waals surface area contributed by atoms with Gasteiger partial charge < -0.3 is 10.1 Å². The van der Waals surface area contributed by atoms with Crippen molar-refractivity contribution in [1.82, 2.24) is 9.80 Å². The van der Waals surface area contributed by atoms with Gasteiger partial charge in [0.05, 0.1) is 18.3 Å². The largest absolute Gasteiger partial charge is 0.493 e. The molecule has 2 aromatic carbocycles. The number of rotatable bonds is 5. The molecule has 30 heavy (non-hydrogen) atoms. The SMILES string of the molecule is CC(C(=O)Nc1ccc(F)c(F)c1F)N1CCN(Cc2ccc3c(c2)CCO3)CC1. The molecule has 1 atom stereocenters. The second kappa shape index (κ2) is 8.65. The molecule has 0 spiro atoms. The average molecular weight is 419 g/mol. The maximum absolute atomic E-state index is 13.8. The van der Waals surface area contributed by atoms with E-state index in [1.54, 1.807) is 6.92 Å². The molecule has 0 saturated carbocycles. The van der Waals surface area contributed by atoms with Crippen molar-refractivity contribution < 1.29 is 22.7 Å². The van der Waals surface area contributed by atoms with Crippen LogP contribution in [0.25, 0.3) is 0 Å². The highest BCUT2D eigenvalue weighted by molar-refractivity contribution is 5.94. The normalized spacial score (nSPS) is 18.0. The first-order valence-electron chi connectivity index (χ1n) is 10.1. The minimum absolute atomic E-state index is 0.357. The number of benzene rings is 2. The Morgan fingerprint density at radius 2 is 1.87 bits per heavy atom. The quantitative estimate of drug-likeness (QED) is 0.757. The van der Waals surface area contributed by atoms with E-state index in [9.17, 15) is 18.0 Å². The Labute approximate surface area is 173 Å². The zero-order valence-electron chi connectivity index (χ0n) is 16.8. The number of nitrogens with zero attached hydrogens (tertiary/aromatic N) is 2. The van der Waals surface area contributed by atoms with Crippen LogP contribution in [0.4, 0.5) is 18.9 Å². The van der Waals surface area contributed by atoms with Gasteiger partial charge in [-0.1, -0.05) is 12.1 Å². The fraction of sp³-hybridized carbons (Fsp3) is 0.409. The molecular formula is C22H24F3N3O2. The second-order valence-corrected chi connectivity index (χ2v) is 7.74. The van der Waals surface area contributed by atoms with Crippen molar-refractivity contribution in [3.8, 4) is 5.75 Å². The number of hydrogen-bond acceptors (Lipinski definition) is 4. The zero-order valence-corrected chi connectivity index (χ0v) is 16.8. The molecule has 2 aromatic rings. The van der Waals surface area contributed by atoms with Gasteiger partial charge in [0.2, 0.25) is 5.91 Å². The van der Waals surface area contributed by atoms with E-state index in [0.29, 0.717) is 13.1 Å². The summed E-state index contributed by atoms with van der Waals surface area (Å²) in [6.45, 7) is 6.26. The van der Waals surface area contributed by atoms with Crippen molar-refractivity contribution >= 4 is 11.6 Å². The third kappa shape index (κ3) is 4.29. The molecular weight excluding hydrogens is 395 g/mol. The molecule has 2 aliphatic heterocycles. The lowest BCUT2D eigenvalue weighted by molar-refractivity contribution is -0.121. The van der Waals surface area contributed by atoms with Crippen molar-refractivity contribution in [2.75, 3.05) is 38.1 Å². The summed E-state index contributed by atoms with van der Waals surface area (Å²) in [6.07, 6.45) is 0.947. The van der Waals surface area contributed by atoms with Crippen molar-refractivity contribution in [2.45, 2.75) is 25.9 Å². The fourth-order valence-electron chi connectivity index (χ4n) is 3.93. The lowest BCUT2D eigenvalue weighted by atomic mass is 10.1. The fourth-order valence-corrected chi connectivity index (χ4v) is 3.93. The standard InChI is InChI=1S/C22H24F3N3O2/c1-14(22(29)26-18-4-3-17(23)20(24)21(18)25)28-9-7-27(8-10-28)13-15-2-5-19-16(12-15)6-11-30-19/h2-5,12,14H,6-11,13H2,1H3,(H,26,29). The average Bonchev–Trinajstić information content (AvgIpc) is 3.22. The number of hydrogen-bond donors (Lipinski definition) is 1. The van der Waals surface area contributed by atoms with Crippen molar-refractivity contribution in [1.29, 1.82) is 0 Å². The highest BCUT2D eigenvalue weighted by atomic mass is 19.2. The molecule has 1 fully saturated rings. The Bertz CT molecular complexity index is 945. The minimum atomic E-state index is -1.59. The Kier molecular flexibility index (Phi) is 5.97. The van der Waals surface area contributed by atoms with Crippen LogP contribution in [0.5, 0.6) is 5.75 Å². The predicted molar refractivity (Wildman–Crippen MR) is 107 cm³/mol. The monoisotopic (exact) mass is 419 g/mol. The maximum atomic E-state index is 13.8. The molecule has 1 amide bonds. The van der Waals surface area contributed by atoms with E-state index in [1.165, 1.54) is 11.1 Å². The van der Waals surface area contributed by atoms with E-state index in [2.05, 4.69) is 22.3 Å². The summed E-state index contributed by atoms with van der Waals surface area (Å²) >= 11 is 0. The van der Waals surface area contributed by atoms with Gasteiger partial charge in [-0.3, -0.25) is 14.6 Å². The third-order valence-corrected chi connectivity index (χ3v) is 5.79. The number of nitrogens with one attached hydrogen (secondary N) is 1. The lowest BCUT2D eigenvalue weighted by Gasteiger charge is -2.37. The first kappa shape index (κ1) is 20.7. The van der Waals surface area contributed by atoms with Crippen LogP contribution in [0.15, 0.2) is 30.3 Å². The van der Waals surface area contributed by atoms with Gasteiger partial charge in [-0.2, -0.15) is 0 Å². The van der Waals surface area contributed by atoms with Crippen LogP contribution in [-0.4, -0.2) is 54.5 Å². The van der Waals surface area contributed by atoms with Crippen LogP contribution in [0.3, 0.4) is 0 Å². The van der Waals surface area contributed by atoms with Gasteiger partial charge in [0.25, 0.3) is 0 Å². The molecule has 1 saturated heterocycles. The predicted octanol–water partition coefficient (Wildman–Crippen LogP) is 3.18. The topological polar surface area (TPSA) is 44.8 Å². The molecule has 0 bridgehead atoms. The summed E-state index contributed by atoms with van der Waals surface area (Å²) in [6, 6.07) is 7.61. The summed E-state index contributed by atoms with van der Waals surface area (Å²) in [5.74, 6) is -3.74. The summed E-state index contributed by atoms with van der Waals surface area (Å²) in [7, 11) is 0. The molecule has 0 aromatic heterocycles. The van der Waals surface area contributed by atoms with Crippen molar-refractivity contribution in [2.24, 2.45) is 0 Å².